The Hall–Kier alpha value is -0.860. The molecule has 2 N–H and O–H groups in total. The van der Waals surface area contributed by atoms with Crippen LogP contribution in [-0.2, 0) is 6.54 Å². The molecule has 1 unspecified atom stereocenters. The fourth-order valence-corrected chi connectivity index (χ4v) is 2.22. The predicted octanol–water partition coefficient (Wildman–Crippen LogP) is 2.86. The average Bonchev–Trinajstić information content (AvgIpc) is 2.20. The van der Waals surface area contributed by atoms with Gasteiger partial charge in [-0.3, -0.25) is 0 Å². The minimum Gasteiger partial charge on any atom is -0.393 e. The fourth-order valence-electron chi connectivity index (χ4n) is 2.22. The molecule has 0 bridgehead atoms. The maximum atomic E-state index is 9.16. The van der Waals surface area contributed by atoms with Gasteiger partial charge in [-0.15, -0.1) is 0 Å². The molecule has 1 atom stereocenters. The van der Waals surface area contributed by atoms with Crippen molar-refractivity contribution in [1.82, 2.24) is 5.32 Å². The molecule has 0 amide bonds. The minimum absolute atomic E-state index is 0.181. The van der Waals surface area contributed by atoms with Crippen LogP contribution in [0.15, 0.2) is 12.1 Å². The molecule has 0 spiro atoms. The quantitative estimate of drug-likeness (QED) is 0.743. The highest BCUT2D eigenvalue weighted by atomic mass is 16.3. The van der Waals surface area contributed by atoms with Crippen LogP contribution in [0.2, 0.25) is 0 Å². The molecular weight excluding hydrogens is 210 g/mol. The van der Waals surface area contributed by atoms with Crippen LogP contribution in [0, 0.1) is 20.8 Å². The molecule has 1 aromatic carbocycles. The van der Waals surface area contributed by atoms with Gasteiger partial charge in [-0.2, -0.15) is 0 Å². The number of aliphatic hydroxyl groups excluding tert-OH is 1. The summed E-state index contributed by atoms with van der Waals surface area (Å²) in [6, 6.07) is 4.47. The smallest absolute Gasteiger partial charge is 0.0512 e. The second-order valence-corrected chi connectivity index (χ2v) is 5.05. The average molecular weight is 235 g/mol. The van der Waals surface area contributed by atoms with E-state index in [4.69, 9.17) is 5.11 Å². The van der Waals surface area contributed by atoms with Gasteiger partial charge in [-0.05, 0) is 63.8 Å². The molecule has 2 heteroatoms. The van der Waals surface area contributed by atoms with Gasteiger partial charge in [-0.25, -0.2) is 0 Å². The summed E-state index contributed by atoms with van der Waals surface area (Å²) >= 11 is 0. The van der Waals surface area contributed by atoms with E-state index >= 15 is 0 Å². The van der Waals surface area contributed by atoms with E-state index in [1.807, 2.05) is 6.92 Å². The van der Waals surface area contributed by atoms with E-state index in [1.165, 1.54) is 22.3 Å². The minimum atomic E-state index is -0.181. The number of hydrogen-bond donors (Lipinski definition) is 2. The SMILES string of the molecule is Cc1cc(C)c(CNCCCC(C)O)c(C)c1. The van der Waals surface area contributed by atoms with Crippen molar-refractivity contribution in [1.29, 1.82) is 0 Å². The van der Waals surface area contributed by atoms with Crippen LogP contribution in [0.1, 0.15) is 42.0 Å². The molecule has 0 saturated carbocycles. The second kappa shape index (κ2) is 6.77. The van der Waals surface area contributed by atoms with Crippen molar-refractivity contribution in [2.75, 3.05) is 6.54 Å². The van der Waals surface area contributed by atoms with Gasteiger partial charge in [0.2, 0.25) is 0 Å². The Kier molecular flexibility index (Phi) is 5.66. The van der Waals surface area contributed by atoms with Gasteiger partial charge in [0, 0.05) is 6.54 Å². The van der Waals surface area contributed by atoms with Crippen molar-refractivity contribution in [3.63, 3.8) is 0 Å². The Morgan fingerprint density at radius 2 is 1.76 bits per heavy atom. The zero-order valence-corrected chi connectivity index (χ0v) is 11.5. The molecule has 0 aliphatic rings. The van der Waals surface area contributed by atoms with Gasteiger partial charge in [0.1, 0.15) is 0 Å². The Labute approximate surface area is 105 Å². The van der Waals surface area contributed by atoms with Crippen LogP contribution < -0.4 is 5.32 Å². The highest BCUT2D eigenvalue weighted by Gasteiger charge is 2.03. The van der Waals surface area contributed by atoms with Crippen LogP contribution in [0.4, 0.5) is 0 Å². The molecule has 0 aliphatic heterocycles. The molecular formula is C15H25NO. The zero-order chi connectivity index (χ0) is 12.8. The van der Waals surface area contributed by atoms with Gasteiger partial charge in [0.15, 0.2) is 0 Å². The van der Waals surface area contributed by atoms with Crippen LogP contribution in [0.3, 0.4) is 0 Å². The normalized spacial score (nSPS) is 12.8. The largest absolute Gasteiger partial charge is 0.393 e. The third-order valence-corrected chi connectivity index (χ3v) is 3.12. The van der Waals surface area contributed by atoms with E-state index in [0.717, 1.165) is 25.9 Å². The van der Waals surface area contributed by atoms with Gasteiger partial charge < -0.3 is 10.4 Å². The highest BCUT2D eigenvalue weighted by molar-refractivity contribution is 5.37. The third kappa shape index (κ3) is 4.88. The second-order valence-electron chi connectivity index (χ2n) is 5.05. The summed E-state index contributed by atoms with van der Waals surface area (Å²) in [5.74, 6) is 0. The molecule has 96 valence electrons. The van der Waals surface area contributed by atoms with Crippen molar-refractivity contribution >= 4 is 0 Å². The van der Waals surface area contributed by atoms with E-state index in [9.17, 15) is 0 Å². The van der Waals surface area contributed by atoms with Crippen molar-refractivity contribution in [3.8, 4) is 0 Å². The Balaban J connectivity index is 2.42. The molecule has 17 heavy (non-hydrogen) atoms. The summed E-state index contributed by atoms with van der Waals surface area (Å²) in [6.07, 6.45) is 1.72. The standard InChI is InChI=1S/C15H25NO/c1-11-8-12(2)15(13(3)9-11)10-16-7-5-6-14(4)17/h8-9,14,16-17H,5-7,10H2,1-4H3. The first-order valence-corrected chi connectivity index (χ1v) is 6.46. The summed E-state index contributed by atoms with van der Waals surface area (Å²) in [7, 11) is 0. The van der Waals surface area contributed by atoms with E-state index in [1.54, 1.807) is 0 Å². The molecule has 0 aliphatic carbocycles. The molecule has 2 nitrogen and oxygen atoms in total. The fraction of sp³-hybridized carbons (Fsp3) is 0.600. The molecule has 0 fully saturated rings. The van der Waals surface area contributed by atoms with E-state index in [2.05, 4.69) is 38.2 Å². The first kappa shape index (κ1) is 14.2. The topological polar surface area (TPSA) is 32.3 Å². The lowest BCUT2D eigenvalue weighted by molar-refractivity contribution is 0.181. The van der Waals surface area contributed by atoms with Crippen LogP contribution >= 0.6 is 0 Å². The number of aryl methyl sites for hydroxylation is 3. The predicted molar refractivity (Wildman–Crippen MR) is 73.3 cm³/mol. The first-order chi connectivity index (χ1) is 8.00. The van der Waals surface area contributed by atoms with Crippen LogP contribution in [-0.4, -0.2) is 17.8 Å². The lowest BCUT2D eigenvalue weighted by Gasteiger charge is -2.12. The van der Waals surface area contributed by atoms with Crippen molar-refractivity contribution in [2.24, 2.45) is 0 Å². The van der Waals surface area contributed by atoms with Gasteiger partial charge in [-0.1, -0.05) is 17.7 Å². The summed E-state index contributed by atoms with van der Waals surface area (Å²) in [4.78, 5) is 0. The number of aliphatic hydroxyl groups is 1. The van der Waals surface area contributed by atoms with E-state index < -0.39 is 0 Å². The summed E-state index contributed by atoms with van der Waals surface area (Å²) in [6.45, 7) is 10.2. The lowest BCUT2D eigenvalue weighted by Crippen LogP contribution is -2.17. The number of rotatable bonds is 6. The van der Waals surface area contributed by atoms with E-state index in [-0.39, 0.29) is 6.10 Å². The number of hydrogen-bond acceptors (Lipinski definition) is 2. The van der Waals surface area contributed by atoms with Gasteiger partial charge in [0.05, 0.1) is 6.10 Å². The van der Waals surface area contributed by atoms with Crippen LogP contribution in [0.5, 0.6) is 0 Å². The summed E-state index contributed by atoms with van der Waals surface area (Å²) < 4.78 is 0. The molecule has 0 saturated heterocycles. The zero-order valence-electron chi connectivity index (χ0n) is 11.5. The molecule has 0 aromatic heterocycles. The third-order valence-electron chi connectivity index (χ3n) is 3.12. The van der Waals surface area contributed by atoms with Crippen LogP contribution in [0.25, 0.3) is 0 Å². The number of benzene rings is 1. The maximum Gasteiger partial charge on any atom is 0.0512 e. The van der Waals surface area contributed by atoms with Gasteiger partial charge in [0.25, 0.3) is 0 Å². The summed E-state index contributed by atoms with van der Waals surface area (Å²) in [5.41, 5.74) is 5.47. The molecule has 0 radical (unpaired) electrons. The van der Waals surface area contributed by atoms with E-state index in [0.29, 0.717) is 0 Å². The Morgan fingerprint density at radius 3 is 2.29 bits per heavy atom. The first-order valence-electron chi connectivity index (χ1n) is 6.46. The Morgan fingerprint density at radius 1 is 1.18 bits per heavy atom. The lowest BCUT2D eigenvalue weighted by atomic mass is 10.00. The van der Waals surface area contributed by atoms with Crippen molar-refractivity contribution < 1.29 is 5.11 Å². The maximum absolute atomic E-state index is 9.16. The number of nitrogens with one attached hydrogen (secondary N) is 1. The monoisotopic (exact) mass is 235 g/mol. The summed E-state index contributed by atoms with van der Waals surface area (Å²) in [5, 5.41) is 12.6. The van der Waals surface area contributed by atoms with Crippen molar-refractivity contribution in [2.45, 2.75) is 53.2 Å². The molecule has 1 aromatic rings. The highest BCUT2D eigenvalue weighted by Crippen LogP contribution is 2.15. The molecule has 1 rings (SSSR count). The van der Waals surface area contributed by atoms with Crippen molar-refractivity contribution in [3.05, 3.63) is 34.4 Å². The van der Waals surface area contributed by atoms with Gasteiger partial charge >= 0.3 is 0 Å². The Bertz CT molecular complexity index is 335. The molecule has 0 heterocycles.